The zero-order chi connectivity index (χ0) is 24.2. The van der Waals surface area contributed by atoms with E-state index in [4.69, 9.17) is 32.7 Å². The average Bonchev–Trinajstić information content (AvgIpc) is 2.77. The normalized spacial score (nSPS) is 11.1. The highest BCUT2D eigenvalue weighted by molar-refractivity contribution is 7.92. The lowest BCUT2D eigenvalue weighted by Crippen LogP contribution is -2.31. The summed E-state index contributed by atoms with van der Waals surface area (Å²) in [4.78, 5) is 13.3. The number of hydrogen-bond acceptors (Lipinski definition) is 5. The molecule has 3 rings (SSSR count). The van der Waals surface area contributed by atoms with Crippen LogP contribution < -0.4 is 19.1 Å². The third-order valence-electron chi connectivity index (χ3n) is 4.74. The molecule has 0 aliphatic heterocycles. The van der Waals surface area contributed by atoms with Crippen LogP contribution in [0.5, 0.6) is 11.5 Å². The van der Waals surface area contributed by atoms with Gasteiger partial charge in [-0.05, 0) is 42.0 Å². The first-order valence-electron chi connectivity index (χ1n) is 9.67. The number of sulfonamides is 1. The van der Waals surface area contributed by atoms with Gasteiger partial charge < -0.3 is 14.8 Å². The molecule has 0 spiro atoms. The zero-order valence-corrected chi connectivity index (χ0v) is 20.5. The monoisotopic (exact) mass is 508 g/mol. The highest BCUT2D eigenvalue weighted by Gasteiger charge is 2.26. The van der Waals surface area contributed by atoms with Gasteiger partial charge in [0.15, 0.2) is 11.5 Å². The van der Waals surface area contributed by atoms with Crippen molar-refractivity contribution in [1.82, 2.24) is 0 Å². The summed E-state index contributed by atoms with van der Waals surface area (Å²) in [7, 11) is -0.947. The quantitative estimate of drug-likeness (QED) is 0.450. The van der Waals surface area contributed by atoms with E-state index >= 15 is 0 Å². The van der Waals surface area contributed by atoms with Gasteiger partial charge in [0.1, 0.15) is 0 Å². The maximum absolute atomic E-state index is 13.3. The summed E-state index contributed by atoms with van der Waals surface area (Å²) in [6.45, 7) is -0.0249. The molecule has 10 heteroatoms. The molecule has 0 saturated heterocycles. The van der Waals surface area contributed by atoms with Gasteiger partial charge in [-0.15, -0.1) is 0 Å². The summed E-state index contributed by atoms with van der Waals surface area (Å²) >= 11 is 12.0. The molecule has 0 radical (unpaired) electrons. The number of hydrogen-bond donors (Lipinski definition) is 1. The van der Waals surface area contributed by atoms with Crippen molar-refractivity contribution in [3.05, 3.63) is 81.8 Å². The van der Waals surface area contributed by atoms with Crippen LogP contribution in [0.3, 0.4) is 0 Å². The molecule has 1 N–H and O–H groups in total. The fourth-order valence-corrected chi connectivity index (χ4v) is 4.37. The number of nitrogens with zero attached hydrogens (tertiary/aromatic N) is 1. The minimum Gasteiger partial charge on any atom is -0.493 e. The van der Waals surface area contributed by atoms with Crippen LogP contribution in [0.25, 0.3) is 0 Å². The predicted molar refractivity (Wildman–Crippen MR) is 131 cm³/mol. The molecule has 1 amide bonds. The molecule has 174 valence electrons. The smallest absolute Gasteiger partial charge is 0.257 e. The minimum absolute atomic E-state index is 0.0249. The molecule has 0 bridgehead atoms. The van der Waals surface area contributed by atoms with E-state index in [1.165, 1.54) is 26.4 Å². The molecule has 0 aliphatic carbocycles. The van der Waals surface area contributed by atoms with E-state index in [0.717, 1.165) is 10.6 Å². The number of rotatable bonds is 8. The van der Waals surface area contributed by atoms with Gasteiger partial charge in [0.05, 0.1) is 38.3 Å². The van der Waals surface area contributed by atoms with E-state index in [2.05, 4.69) is 5.32 Å². The Labute approximate surface area is 202 Å². The van der Waals surface area contributed by atoms with Crippen LogP contribution in [0.2, 0.25) is 10.0 Å². The molecule has 0 aliphatic rings. The summed E-state index contributed by atoms with van der Waals surface area (Å²) in [5.41, 5.74) is 1.34. The summed E-state index contributed by atoms with van der Waals surface area (Å²) in [6, 6.07) is 16.3. The molecular formula is C23H22Cl2N2O5S. The van der Waals surface area contributed by atoms with E-state index in [1.807, 2.05) is 0 Å². The van der Waals surface area contributed by atoms with Gasteiger partial charge in [0.25, 0.3) is 5.91 Å². The maximum Gasteiger partial charge on any atom is 0.257 e. The lowest BCUT2D eigenvalue weighted by molar-refractivity contribution is 0.102. The SMILES string of the molecule is COc1cc(C(=O)Nc2cccc(Cl)c2)c(N(Cc2ccc(Cl)cc2)S(C)(=O)=O)cc1OC. The number of nitrogens with one attached hydrogen (secondary N) is 1. The molecule has 0 unspecified atom stereocenters. The van der Waals surface area contributed by atoms with Gasteiger partial charge in [-0.25, -0.2) is 8.42 Å². The fraction of sp³-hybridized carbons (Fsp3) is 0.174. The molecule has 0 heterocycles. The lowest BCUT2D eigenvalue weighted by Gasteiger charge is -2.26. The van der Waals surface area contributed by atoms with Crippen LogP contribution in [-0.2, 0) is 16.6 Å². The topological polar surface area (TPSA) is 84.9 Å². The van der Waals surface area contributed by atoms with Crippen molar-refractivity contribution in [3.63, 3.8) is 0 Å². The molecule has 0 saturated carbocycles. The van der Waals surface area contributed by atoms with Crippen LogP contribution in [0.1, 0.15) is 15.9 Å². The van der Waals surface area contributed by atoms with Crippen molar-refractivity contribution in [2.24, 2.45) is 0 Å². The van der Waals surface area contributed by atoms with E-state index < -0.39 is 15.9 Å². The van der Waals surface area contributed by atoms with Gasteiger partial charge >= 0.3 is 0 Å². The van der Waals surface area contributed by atoms with Crippen molar-refractivity contribution < 1.29 is 22.7 Å². The highest BCUT2D eigenvalue weighted by Crippen LogP contribution is 2.37. The van der Waals surface area contributed by atoms with Gasteiger partial charge in [-0.2, -0.15) is 0 Å². The molecule has 7 nitrogen and oxygen atoms in total. The summed E-state index contributed by atoms with van der Waals surface area (Å²) in [5.74, 6) is 0.00646. The molecule has 3 aromatic carbocycles. The van der Waals surface area contributed by atoms with Crippen LogP contribution in [0.15, 0.2) is 60.7 Å². The Bertz CT molecular complexity index is 1260. The average molecular weight is 509 g/mol. The fourth-order valence-electron chi connectivity index (χ4n) is 3.16. The summed E-state index contributed by atoms with van der Waals surface area (Å²) in [6.07, 6.45) is 1.07. The molecule has 3 aromatic rings. The first-order valence-corrected chi connectivity index (χ1v) is 12.3. The van der Waals surface area contributed by atoms with Crippen molar-refractivity contribution in [2.45, 2.75) is 6.54 Å². The third-order valence-corrected chi connectivity index (χ3v) is 6.35. The van der Waals surface area contributed by atoms with Crippen LogP contribution in [0.4, 0.5) is 11.4 Å². The van der Waals surface area contributed by atoms with Crippen molar-refractivity contribution in [2.75, 3.05) is 30.1 Å². The van der Waals surface area contributed by atoms with Gasteiger partial charge in [-0.1, -0.05) is 41.4 Å². The van der Waals surface area contributed by atoms with E-state index in [-0.39, 0.29) is 29.3 Å². The molecule has 33 heavy (non-hydrogen) atoms. The standard InChI is InChI=1S/C23H22Cl2N2O5S/c1-31-21-12-19(23(28)26-18-6-4-5-17(25)11-18)20(13-22(21)32-2)27(33(3,29)30)14-15-7-9-16(24)10-8-15/h4-13H,14H2,1-3H3,(H,26,28). The molecule has 0 fully saturated rings. The first kappa shape index (κ1) is 24.7. The highest BCUT2D eigenvalue weighted by atomic mass is 35.5. The molecule has 0 atom stereocenters. The van der Waals surface area contributed by atoms with E-state index in [1.54, 1.807) is 48.5 Å². The van der Waals surface area contributed by atoms with Crippen LogP contribution in [-0.4, -0.2) is 34.8 Å². The second-order valence-electron chi connectivity index (χ2n) is 7.08. The third kappa shape index (κ3) is 6.10. The van der Waals surface area contributed by atoms with Crippen molar-refractivity contribution >= 4 is 50.5 Å². The second kappa shape index (κ2) is 10.3. The molecular weight excluding hydrogens is 487 g/mol. The maximum atomic E-state index is 13.3. The van der Waals surface area contributed by atoms with Crippen LogP contribution >= 0.6 is 23.2 Å². The Morgan fingerprint density at radius 2 is 1.58 bits per heavy atom. The zero-order valence-electron chi connectivity index (χ0n) is 18.1. The van der Waals surface area contributed by atoms with Crippen molar-refractivity contribution in [3.8, 4) is 11.5 Å². The number of amides is 1. The number of anilines is 2. The van der Waals surface area contributed by atoms with E-state index in [0.29, 0.717) is 21.3 Å². The number of halogens is 2. The molecule has 0 aromatic heterocycles. The Morgan fingerprint density at radius 1 is 0.939 bits per heavy atom. The van der Waals surface area contributed by atoms with Gasteiger partial charge in [-0.3, -0.25) is 9.10 Å². The summed E-state index contributed by atoms with van der Waals surface area (Å²) < 4.78 is 37.5. The predicted octanol–water partition coefficient (Wildman–Crippen LogP) is 5.23. The Morgan fingerprint density at radius 3 is 2.15 bits per heavy atom. The Kier molecular flexibility index (Phi) is 7.73. The number of ether oxygens (including phenoxy) is 2. The van der Waals surface area contributed by atoms with Gasteiger partial charge in [0, 0.05) is 21.8 Å². The minimum atomic E-state index is -3.80. The largest absolute Gasteiger partial charge is 0.493 e. The van der Waals surface area contributed by atoms with Crippen molar-refractivity contribution in [1.29, 1.82) is 0 Å². The number of carbonyl (C=O) groups excluding carboxylic acids is 1. The van der Waals surface area contributed by atoms with E-state index in [9.17, 15) is 13.2 Å². The van der Waals surface area contributed by atoms with Gasteiger partial charge in [0.2, 0.25) is 10.0 Å². The summed E-state index contributed by atoms with van der Waals surface area (Å²) in [5, 5.41) is 3.72. The van der Waals surface area contributed by atoms with Crippen LogP contribution in [0, 0.1) is 0 Å². The Balaban J connectivity index is 2.13. The number of carbonyl (C=O) groups is 1. The lowest BCUT2D eigenvalue weighted by atomic mass is 10.1. The Hall–Kier alpha value is -2.94. The first-order chi connectivity index (χ1) is 15.6. The number of methoxy groups -OCH3 is 2. The second-order valence-corrected chi connectivity index (χ2v) is 9.86. The number of benzene rings is 3.